The van der Waals surface area contributed by atoms with Gasteiger partial charge >= 0.3 is 0 Å². The Kier molecular flexibility index (Phi) is 5.16. The summed E-state index contributed by atoms with van der Waals surface area (Å²) in [5, 5.41) is 0. The monoisotopic (exact) mass is 372 g/mol. The van der Waals surface area contributed by atoms with Crippen LogP contribution in [0.2, 0.25) is 0 Å². The van der Waals surface area contributed by atoms with E-state index in [-0.39, 0.29) is 16.8 Å². The van der Waals surface area contributed by atoms with E-state index in [1.807, 2.05) is 23.1 Å². The van der Waals surface area contributed by atoms with Crippen molar-refractivity contribution in [2.24, 2.45) is 0 Å². The van der Waals surface area contributed by atoms with Crippen LogP contribution in [0.25, 0.3) is 0 Å². The van der Waals surface area contributed by atoms with Crippen molar-refractivity contribution in [1.82, 2.24) is 4.31 Å². The van der Waals surface area contributed by atoms with Crippen LogP contribution in [-0.2, 0) is 27.7 Å². The molecule has 1 aliphatic rings. The molecule has 138 valence electrons. The van der Waals surface area contributed by atoms with Crippen molar-refractivity contribution in [3.05, 3.63) is 59.7 Å². The first-order chi connectivity index (χ1) is 12.3. The molecule has 1 atom stereocenters. The number of carbonyl (C=O) groups is 1. The number of carbonyl (C=O) groups excluding carboxylic acids is 1. The molecule has 1 aliphatic heterocycles. The SMILES string of the molecule is C[C@H]1Cc2ccccc2N1C(=O)CCc1ccc(S(=O)(=O)N(C)C)cc1. The molecule has 26 heavy (non-hydrogen) atoms. The Bertz CT molecular complexity index is 905. The number of amides is 1. The molecule has 1 amide bonds. The number of sulfonamides is 1. The van der Waals surface area contributed by atoms with Gasteiger partial charge in [-0.2, -0.15) is 0 Å². The molecular formula is C20H24N2O3S. The van der Waals surface area contributed by atoms with Gasteiger partial charge in [-0.15, -0.1) is 0 Å². The quantitative estimate of drug-likeness (QED) is 0.811. The van der Waals surface area contributed by atoms with E-state index >= 15 is 0 Å². The Labute approximate surface area is 155 Å². The highest BCUT2D eigenvalue weighted by molar-refractivity contribution is 7.89. The van der Waals surface area contributed by atoms with Gasteiger partial charge in [-0.05, 0) is 49.1 Å². The van der Waals surface area contributed by atoms with Gasteiger partial charge in [0.05, 0.1) is 4.90 Å². The molecule has 0 saturated heterocycles. The van der Waals surface area contributed by atoms with Crippen LogP contribution in [0.4, 0.5) is 5.69 Å². The number of fused-ring (bicyclic) bond motifs is 1. The van der Waals surface area contributed by atoms with Crippen LogP contribution >= 0.6 is 0 Å². The lowest BCUT2D eigenvalue weighted by Crippen LogP contribution is -2.35. The minimum atomic E-state index is -3.42. The van der Waals surface area contributed by atoms with Gasteiger partial charge in [0.25, 0.3) is 0 Å². The van der Waals surface area contributed by atoms with Gasteiger partial charge in [-0.3, -0.25) is 4.79 Å². The van der Waals surface area contributed by atoms with Crippen molar-refractivity contribution in [3.63, 3.8) is 0 Å². The minimum absolute atomic E-state index is 0.104. The third-order valence-electron chi connectivity index (χ3n) is 4.81. The predicted octanol–water partition coefficient (Wildman–Crippen LogP) is 2.85. The molecule has 2 aromatic carbocycles. The summed E-state index contributed by atoms with van der Waals surface area (Å²) in [6.45, 7) is 2.07. The maximum absolute atomic E-state index is 12.7. The number of anilines is 1. The zero-order chi connectivity index (χ0) is 18.9. The van der Waals surface area contributed by atoms with Crippen LogP contribution in [0.15, 0.2) is 53.4 Å². The van der Waals surface area contributed by atoms with Crippen molar-refractivity contribution in [2.75, 3.05) is 19.0 Å². The first-order valence-electron chi connectivity index (χ1n) is 8.72. The second-order valence-corrected chi connectivity index (χ2v) is 9.03. The Balaban J connectivity index is 1.67. The van der Waals surface area contributed by atoms with Gasteiger partial charge in [-0.25, -0.2) is 12.7 Å². The van der Waals surface area contributed by atoms with Gasteiger partial charge < -0.3 is 4.90 Å². The summed E-state index contributed by atoms with van der Waals surface area (Å²) in [6, 6.07) is 15.0. The maximum atomic E-state index is 12.7. The molecule has 0 radical (unpaired) electrons. The summed E-state index contributed by atoms with van der Waals surface area (Å²) < 4.78 is 25.4. The number of aryl methyl sites for hydroxylation is 1. The Hall–Kier alpha value is -2.18. The van der Waals surface area contributed by atoms with E-state index in [1.54, 1.807) is 24.3 Å². The number of hydrogen-bond acceptors (Lipinski definition) is 3. The van der Waals surface area contributed by atoms with E-state index in [1.165, 1.54) is 24.0 Å². The maximum Gasteiger partial charge on any atom is 0.242 e. The lowest BCUT2D eigenvalue weighted by molar-refractivity contribution is -0.118. The van der Waals surface area contributed by atoms with Crippen molar-refractivity contribution < 1.29 is 13.2 Å². The summed E-state index contributed by atoms with van der Waals surface area (Å²) in [6.07, 6.45) is 1.88. The van der Waals surface area contributed by atoms with E-state index < -0.39 is 10.0 Å². The number of nitrogens with zero attached hydrogens (tertiary/aromatic N) is 2. The molecule has 0 unspecified atom stereocenters. The summed E-state index contributed by atoms with van der Waals surface area (Å²) >= 11 is 0. The predicted molar refractivity (Wildman–Crippen MR) is 103 cm³/mol. The Morgan fingerprint density at radius 2 is 1.77 bits per heavy atom. The third-order valence-corrected chi connectivity index (χ3v) is 6.63. The fourth-order valence-electron chi connectivity index (χ4n) is 3.36. The molecule has 0 fully saturated rings. The number of hydrogen-bond donors (Lipinski definition) is 0. The summed E-state index contributed by atoms with van der Waals surface area (Å²) in [7, 11) is -0.399. The van der Waals surface area contributed by atoms with Crippen molar-refractivity contribution in [1.29, 1.82) is 0 Å². The van der Waals surface area contributed by atoms with E-state index in [0.29, 0.717) is 12.8 Å². The van der Waals surface area contributed by atoms with Crippen LogP contribution in [0, 0.1) is 0 Å². The molecule has 1 heterocycles. The van der Waals surface area contributed by atoms with Gasteiger partial charge in [0, 0.05) is 32.2 Å². The van der Waals surface area contributed by atoms with Crippen LogP contribution in [-0.4, -0.2) is 38.8 Å². The normalized spacial score (nSPS) is 16.8. The van der Waals surface area contributed by atoms with E-state index in [4.69, 9.17) is 0 Å². The molecule has 2 aromatic rings. The fourth-order valence-corrected chi connectivity index (χ4v) is 4.26. The lowest BCUT2D eigenvalue weighted by atomic mass is 10.1. The standard InChI is InChI=1S/C20H24N2O3S/c1-15-14-17-6-4-5-7-19(17)22(15)20(23)13-10-16-8-11-18(12-9-16)26(24,25)21(2)3/h4-9,11-12,15H,10,13-14H2,1-3H3/t15-/m0/s1. The molecule has 0 bridgehead atoms. The molecule has 3 rings (SSSR count). The van der Waals surface area contributed by atoms with Gasteiger partial charge in [0.2, 0.25) is 15.9 Å². The number of rotatable bonds is 5. The average molecular weight is 372 g/mol. The molecular weight excluding hydrogens is 348 g/mol. The number of benzene rings is 2. The lowest BCUT2D eigenvalue weighted by Gasteiger charge is -2.22. The smallest absolute Gasteiger partial charge is 0.242 e. The number of para-hydroxylation sites is 1. The largest absolute Gasteiger partial charge is 0.309 e. The van der Waals surface area contributed by atoms with Crippen molar-refractivity contribution >= 4 is 21.6 Å². The van der Waals surface area contributed by atoms with Gasteiger partial charge in [0.15, 0.2) is 0 Å². The van der Waals surface area contributed by atoms with Crippen LogP contribution in [0.5, 0.6) is 0 Å². The fraction of sp³-hybridized carbons (Fsp3) is 0.350. The molecule has 0 aliphatic carbocycles. The average Bonchev–Trinajstić information content (AvgIpc) is 2.95. The summed E-state index contributed by atoms with van der Waals surface area (Å²) in [4.78, 5) is 14.9. The summed E-state index contributed by atoms with van der Waals surface area (Å²) in [5.74, 6) is 0.104. The first kappa shape index (κ1) is 18.6. The highest BCUT2D eigenvalue weighted by Gasteiger charge is 2.30. The zero-order valence-corrected chi connectivity index (χ0v) is 16.2. The molecule has 0 spiro atoms. The highest BCUT2D eigenvalue weighted by Crippen LogP contribution is 2.32. The van der Waals surface area contributed by atoms with Crippen LogP contribution in [0.3, 0.4) is 0 Å². The van der Waals surface area contributed by atoms with Gasteiger partial charge in [0.1, 0.15) is 0 Å². The van der Waals surface area contributed by atoms with Crippen LogP contribution in [0.1, 0.15) is 24.5 Å². The molecule has 6 heteroatoms. The van der Waals surface area contributed by atoms with E-state index in [2.05, 4.69) is 13.0 Å². The molecule has 0 N–H and O–H groups in total. The van der Waals surface area contributed by atoms with Crippen LogP contribution < -0.4 is 4.90 Å². The zero-order valence-electron chi connectivity index (χ0n) is 15.3. The summed E-state index contributed by atoms with van der Waals surface area (Å²) in [5.41, 5.74) is 3.18. The second-order valence-electron chi connectivity index (χ2n) is 6.88. The Morgan fingerprint density at radius 3 is 2.42 bits per heavy atom. The molecule has 5 nitrogen and oxygen atoms in total. The topological polar surface area (TPSA) is 57.7 Å². The van der Waals surface area contributed by atoms with Gasteiger partial charge in [-0.1, -0.05) is 30.3 Å². The van der Waals surface area contributed by atoms with E-state index in [0.717, 1.165) is 17.7 Å². The van der Waals surface area contributed by atoms with Crippen molar-refractivity contribution in [3.8, 4) is 0 Å². The second kappa shape index (κ2) is 7.21. The van der Waals surface area contributed by atoms with Crippen molar-refractivity contribution in [2.45, 2.75) is 37.1 Å². The first-order valence-corrected chi connectivity index (χ1v) is 10.2. The third kappa shape index (κ3) is 3.52. The molecule has 0 saturated carbocycles. The Morgan fingerprint density at radius 1 is 1.12 bits per heavy atom. The van der Waals surface area contributed by atoms with E-state index in [9.17, 15) is 13.2 Å². The minimum Gasteiger partial charge on any atom is -0.309 e. The highest BCUT2D eigenvalue weighted by atomic mass is 32.2. The molecule has 0 aromatic heterocycles.